The Morgan fingerprint density at radius 1 is 1.29 bits per heavy atom. The van der Waals surface area contributed by atoms with Crippen LogP contribution in [-0.4, -0.2) is 13.1 Å². The first kappa shape index (κ1) is 12.6. The normalized spacial score (nSPS) is 18.5. The molecule has 0 aromatic heterocycles. The maximum Gasteiger partial charge on any atom is 0.00954 e. The summed E-state index contributed by atoms with van der Waals surface area (Å²) in [5.41, 5.74) is 2.87. The van der Waals surface area contributed by atoms with Gasteiger partial charge in [-0.15, -0.1) is 0 Å². The minimum atomic E-state index is 0.720. The van der Waals surface area contributed by atoms with E-state index in [1.165, 1.54) is 49.7 Å². The summed E-state index contributed by atoms with van der Waals surface area (Å²) >= 11 is 0. The highest BCUT2D eigenvalue weighted by atomic mass is 14.9. The number of hydrogen-bond donors (Lipinski definition) is 1. The van der Waals surface area contributed by atoms with Crippen LogP contribution in [-0.2, 0) is 6.42 Å². The zero-order valence-electron chi connectivity index (χ0n) is 11.2. The van der Waals surface area contributed by atoms with Gasteiger partial charge in [-0.2, -0.15) is 0 Å². The van der Waals surface area contributed by atoms with Crippen LogP contribution in [0.2, 0.25) is 0 Å². The highest BCUT2D eigenvalue weighted by molar-refractivity contribution is 5.22. The number of rotatable bonds is 5. The number of aryl methyl sites for hydroxylation is 2. The van der Waals surface area contributed by atoms with Crippen LogP contribution in [0.15, 0.2) is 24.3 Å². The van der Waals surface area contributed by atoms with Crippen molar-refractivity contribution in [2.45, 2.75) is 51.5 Å². The van der Waals surface area contributed by atoms with Gasteiger partial charge in [0.05, 0.1) is 0 Å². The molecule has 1 aliphatic carbocycles. The fourth-order valence-corrected chi connectivity index (χ4v) is 3.17. The third-order valence-corrected chi connectivity index (χ3v) is 4.17. The Morgan fingerprint density at radius 2 is 2.06 bits per heavy atom. The van der Waals surface area contributed by atoms with Gasteiger partial charge in [-0.25, -0.2) is 0 Å². The lowest BCUT2D eigenvalue weighted by atomic mass is 9.92. The summed E-state index contributed by atoms with van der Waals surface area (Å²) < 4.78 is 0. The molecule has 0 radical (unpaired) electrons. The monoisotopic (exact) mass is 231 g/mol. The van der Waals surface area contributed by atoms with Gasteiger partial charge in [-0.1, -0.05) is 42.7 Å². The van der Waals surface area contributed by atoms with E-state index in [-0.39, 0.29) is 0 Å². The zero-order chi connectivity index (χ0) is 12.1. The largest absolute Gasteiger partial charge is 0.317 e. The van der Waals surface area contributed by atoms with E-state index < -0.39 is 0 Å². The molecule has 1 heteroatoms. The molecule has 0 aliphatic heterocycles. The van der Waals surface area contributed by atoms with Crippen LogP contribution in [0.5, 0.6) is 0 Å². The standard InChI is InChI=1S/C16H25N/c1-13-6-5-7-14(12-13)10-11-16(17-2)15-8-3-4-9-15/h5-7,12,15-17H,3-4,8-11H2,1-2H3. The van der Waals surface area contributed by atoms with Crippen LogP contribution >= 0.6 is 0 Å². The van der Waals surface area contributed by atoms with Gasteiger partial charge in [0, 0.05) is 6.04 Å². The van der Waals surface area contributed by atoms with E-state index in [0.717, 1.165) is 12.0 Å². The Hall–Kier alpha value is -0.820. The Labute approximate surface area is 106 Å². The van der Waals surface area contributed by atoms with E-state index in [2.05, 4.69) is 43.6 Å². The topological polar surface area (TPSA) is 12.0 Å². The molecule has 1 fully saturated rings. The fraction of sp³-hybridized carbons (Fsp3) is 0.625. The van der Waals surface area contributed by atoms with E-state index in [1.54, 1.807) is 0 Å². The van der Waals surface area contributed by atoms with E-state index in [9.17, 15) is 0 Å². The van der Waals surface area contributed by atoms with E-state index in [1.807, 2.05) is 0 Å². The Balaban J connectivity index is 1.87. The van der Waals surface area contributed by atoms with Crippen molar-refractivity contribution < 1.29 is 0 Å². The quantitative estimate of drug-likeness (QED) is 0.814. The summed E-state index contributed by atoms with van der Waals surface area (Å²) in [6.45, 7) is 2.18. The van der Waals surface area contributed by atoms with Gasteiger partial charge >= 0.3 is 0 Å². The molecule has 0 bridgehead atoms. The van der Waals surface area contributed by atoms with Gasteiger partial charge in [0.1, 0.15) is 0 Å². The third kappa shape index (κ3) is 3.57. The first-order valence-corrected chi connectivity index (χ1v) is 7.02. The first-order valence-electron chi connectivity index (χ1n) is 7.02. The molecule has 1 saturated carbocycles. The molecule has 0 heterocycles. The van der Waals surface area contributed by atoms with E-state index in [0.29, 0.717) is 0 Å². The average molecular weight is 231 g/mol. The van der Waals surface area contributed by atoms with Crippen molar-refractivity contribution in [3.05, 3.63) is 35.4 Å². The summed E-state index contributed by atoms with van der Waals surface area (Å²) in [6, 6.07) is 9.65. The van der Waals surface area contributed by atoms with Crippen LogP contribution < -0.4 is 5.32 Å². The van der Waals surface area contributed by atoms with Crippen molar-refractivity contribution >= 4 is 0 Å². The van der Waals surface area contributed by atoms with Gasteiger partial charge < -0.3 is 5.32 Å². The maximum absolute atomic E-state index is 3.53. The van der Waals surface area contributed by atoms with Crippen molar-refractivity contribution in [3.63, 3.8) is 0 Å². The van der Waals surface area contributed by atoms with Crippen LogP contribution in [0.4, 0.5) is 0 Å². The van der Waals surface area contributed by atoms with Crippen LogP contribution in [0.25, 0.3) is 0 Å². The van der Waals surface area contributed by atoms with Crippen molar-refractivity contribution in [2.24, 2.45) is 5.92 Å². The molecule has 1 aromatic carbocycles. The van der Waals surface area contributed by atoms with Gasteiger partial charge in [0.2, 0.25) is 0 Å². The Bertz CT molecular complexity index is 339. The van der Waals surface area contributed by atoms with E-state index in [4.69, 9.17) is 0 Å². The van der Waals surface area contributed by atoms with Crippen LogP contribution in [0, 0.1) is 12.8 Å². The second-order valence-electron chi connectivity index (χ2n) is 5.47. The molecule has 1 aromatic rings. The van der Waals surface area contributed by atoms with Crippen LogP contribution in [0.1, 0.15) is 43.2 Å². The van der Waals surface area contributed by atoms with Crippen molar-refractivity contribution in [1.82, 2.24) is 5.32 Å². The summed E-state index contributed by atoms with van der Waals surface area (Å²) in [5, 5.41) is 3.53. The second-order valence-corrected chi connectivity index (χ2v) is 5.47. The molecular weight excluding hydrogens is 206 g/mol. The lowest BCUT2D eigenvalue weighted by Gasteiger charge is -2.22. The molecule has 1 atom stereocenters. The highest BCUT2D eigenvalue weighted by Gasteiger charge is 2.23. The Morgan fingerprint density at radius 3 is 2.71 bits per heavy atom. The SMILES string of the molecule is CNC(CCc1cccc(C)c1)C1CCCC1. The highest BCUT2D eigenvalue weighted by Crippen LogP contribution is 2.29. The smallest absolute Gasteiger partial charge is 0.00954 e. The molecule has 1 N–H and O–H groups in total. The predicted octanol–water partition coefficient (Wildman–Crippen LogP) is 3.71. The zero-order valence-corrected chi connectivity index (χ0v) is 11.2. The number of benzene rings is 1. The van der Waals surface area contributed by atoms with Gasteiger partial charge in [-0.3, -0.25) is 0 Å². The predicted molar refractivity (Wildman–Crippen MR) is 74.3 cm³/mol. The Kier molecular flexibility index (Phi) is 4.61. The second kappa shape index (κ2) is 6.20. The summed E-state index contributed by atoms with van der Waals surface area (Å²) in [5.74, 6) is 0.921. The minimum Gasteiger partial charge on any atom is -0.317 e. The van der Waals surface area contributed by atoms with Crippen LogP contribution in [0.3, 0.4) is 0 Å². The molecule has 0 amide bonds. The van der Waals surface area contributed by atoms with Crippen molar-refractivity contribution in [1.29, 1.82) is 0 Å². The molecule has 1 nitrogen and oxygen atoms in total. The molecular formula is C16H25N. The van der Waals surface area contributed by atoms with Gasteiger partial charge in [0.15, 0.2) is 0 Å². The molecule has 1 unspecified atom stereocenters. The first-order chi connectivity index (χ1) is 8.29. The van der Waals surface area contributed by atoms with E-state index >= 15 is 0 Å². The fourth-order valence-electron chi connectivity index (χ4n) is 3.17. The lowest BCUT2D eigenvalue weighted by molar-refractivity contribution is 0.360. The van der Waals surface area contributed by atoms with Crippen molar-refractivity contribution in [3.8, 4) is 0 Å². The maximum atomic E-state index is 3.53. The molecule has 0 spiro atoms. The summed E-state index contributed by atoms with van der Waals surface area (Å²) in [7, 11) is 2.12. The third-order valence-electron chi connectivity index (χ3n) is 4.17. The van der Waals surface area contributed by atoms with Crippen molar-refractivity contribution in [2.75, 3.05) is 7.05 Å². The lowest BCUT2D eigenvalue weighted by Crippen LogP contribution is -2.32. The molecule has 1 aliphatic rings. The van der Waals surface area contributed by atoms with Gasteiger partial charge in [-0.05, 0) is 51.1 Å². The minimum absolute atomic E-state index is 0.720. The number of nitrogens with one attached hydrogen (secondary N) is 1. The summed E-state index contributed by atoms with van der Waals surface area (Å²) in [6.07, 6.45) is 8.23. The molecule has 0 saturated heterocycles. The average Bonchev–Trinajstić information content (AvgIpc) is 2.84. The molecule has 2 rings (SSSR count). The summed E-state index contributed by atoms with van der Waals surface area (Å²) in [4.78, 5) is 0. The molecule has 17 heavy (non-hydrogen) atoms. The number of hydrogen-bond acceptors (Lipinski definition) is 1. The van der Waals surface area contributed by atoms with Gasteiger partial charge in [0.25, 0.3) is 0 Å². The molecule has 94 valence electrons.